The van der Waals surface area contributed by atoms with Crippen LogP contribution in [0.3, 0.4) is 0 Å². The molecule has 2 nitrogen and oxygen atoms in total. The second-order valence-electron chi connectivity index (χ2n) is 2.18. The van der Waals surface area contributed by atoms with E-state index in [9.17, 15) is 8.42 Å². The van der Waals surface area contributed by atoms with Gasteiger partial charge in [-0.3, -0.25) is 0 Å². The normalized spacial score (nSPS) is 14.8. The third kappa shape index (κ3) is 5.82. The topological polar surface area (TPSA) is 34.1 Å². The van der Waals surface area contributed by atoms with Crippen LogP contribution in [0.25, 0.3) is 0 Å². The van der Waals surface area contributed by atoms with E-state index in [0.717, 1.165) is 10.8 Å². The van der Waals surface area contributed by atoms with Gasteiger partial charge < -0.3 is 0 Å². The van der Waals surface area contributed by atoms with Crippen molar-refractivity contribution in [3.05, 3.63) is 0 Å². The van der Waals surface area contributed by atoms with Gasteiger partial charge in [-0.25, -0.2) is 8.42 Å². The van der Waals surface area contributed by atoms with E-state index in [1.807, 2.05) is 13.8 Å². The highest BCUT2D eigenvalue weighted by Crippen LogP contribution is 2.25. The van der Waals surface area contributed by atoms with E-state index in [1.54, 1.807) is 0 Å². The Hall–Kier alpha value is 0.590. The Bertz CT molecular complexity index is 189. The maximum absolute atomic E-state index is 11.1. The van der Waals surface area contributed by atoms with Crippen LogP contribution < -0.4 is 0 Å². The van der Waals surface area contributed by atoms with Gasteiger partial charge in [0.05, 0.1) is 10.5 Å². The Morgan fingerprint density at radius 1 is 1.45 bits per heavy atom. The lowest BCUT2D eigenvalue weighted by atomic mass is 10.6. The van der Waals surface area contributed by atoms with Gasteiger partial charge in [0.25, 0.3) is 0 Å². The van der Waals surface area contributed by atoms with Gasteiger partial charge in [-0.05, 0) is 23.6 Å². The summed E-state index contributed by atoms with van der Waals surface area (Å²) in [6.07, 6.45) is 1.33. The van der Waals surface area contributed by atoms with E-state index in [2.05, 4.69) is 0 Å². The molecule has 0 heterocycles. The van der Waals surface area contributed by atoms with Crippen LogP contribution in [0.2, 0.25) is 0 Å². The molecule has 0 aliphatic rings. The first kappa shape index (κ1) is 11.6. The molecule has 0 bridgehead atoms. The average Bonchev–Trinajstić information content (AvgIpc) is 1.86. The molecule has 0 radical (unpaired) electrons. The van der Waals surface area contributed by atoms with Crippen molar-refractivity contribution in [2.75, 3.05) is 5.75 Å². The fourth-order valence-electron chi connectivity index (χ4n) is 0.525. The molecule has 0 aliphatic heterocycles. The van der Waals surface area contributed by atoms with Gasteiger partial charge in [-0.15, -0.1) is 11.6 Å². The summed E-state index contributed by atoms with van der Waals surface area (Å²) < 4.78 is 21.9. The predicted molar refractivity (Wildman–Crippen MR) is 51.6 cm³/mol. The van der Waals surface area contributed by atoms with Crippen LogP contribution in [0, 0.1) is 0 Å². The summed E-state index contributed by atoms with van der Waals surface area (Å²) in [6.45, 7) is 3.71. The number of hydrogen-bond acceptors (Lipinski definition) is 3. The SMILES string of the molecule is CCCS(=O)(=O)SC(Cl)CC. The second kappa shape index (κ2) is 5.27. The molecule has 1 atom stereocenters. The Kier molecular flexibility index (Phi) is 5.56. The molecule has 0 saturated heterocycles. The highest BCUT2D eigenvalue weighted by molar-refractivity contribution is 8.72. The van der Waals surface area contributed by atoms with E-state index < -0.39 is 8.87 Å². The van der Waals surface area contributed by atoms with Crippen molar-refractivity contribution in [2.45, 2.75) is 31.4 Å². The molecule has 0 fully saturated rings. The zero-order valence-corrected chi connectivity index (χ0v) is 9.10. The van der Waals surface area contributed by atoms with Crippen LogP contribution in [-0.4, -0.2) is 18.9 Å². The standard InChI is InChI=1S/C6H13ClO2S2/c1-3-5-11(8,9)10-6(7)4-2/h6H,3-5H2,1-2H3. The Balaban J connectivity index is 3.92. The molecule has 0 aromatic rings. The number of rotatable bonds is 5. The Morgan fingerprint density at radius 2 is 2.00 bits per heavy atom. The van der Waals surface area contributed by atoms with Crippen LogP contribution in [0.5, 0.6) is 0 Å². The molecule has 0 amide bonds. The molecular formula is C6H13ClO2S2. The summed E-state index contributed by atoms with van der Waals surface area (Å²) in [7, 11) is -2.09. The minimum atomic E-state index is -2.96. The summed E-state index contributed by atoms with van der Waals surface area (Å²) in [5.41, 5.74) is 0. The summed E-state index contributed by atoms with van der Waals surface area (Å²) >= 11 is 5.67. The maximum atomic E-state index is 11.1. The molecule has 0 aromatic heterocycles. The minimum Gasteiger partial charge on any atom is -0.217 e. The molecule has 0 saturated carbocycles. The first-order valence-corrected chi connectivity index (χ1v) is 7.05. The lowest BCUT2D eigenvalue weighted by molar-refractivity contribution is 0.609. The smallest absolute Gasteiger partial charge is 0.202 e. The van der Waals surface area contributed by atoms with Gasteiger partial charge in [0.15, 0.2) is 0 Å². The van der Waals surface area contributed by atoms with Crippen LogP contribution in [0.15, 0.2) is 0 Å². The Labute approximate surface area is 77.0 Å². The van der Waals surface area contributed by atoms with Crippen molar-refractivity contribution in [2.24, 2.45) is 0 Å². The first-order valence-electron chi connectivity index (χ1n) is 3.57. The predicted octanol–water partition coefficient (Wildman–Crippen LogP) is 2.43. The molecule has 0 aromatic carbocycles. The molecule has 1 unspecified atom stereocenters. The maximum Gasteiger partial charge on any atom is 0.202 e. The van der Waals surface area contributed by atoms with E-state index in [4.69, 9.17) is 11.6 Å². The van der Waals surface area contributed by atoms with Gasteiger partial charge in [0.1, 0.15) is 0 Å². The van der Waals surface area contributed by atoms with Crippen LogP contribution in [0.1, 0.15) is 26.7 Å². The third-order valence-corrected chi connectivity index (χ3v) is 5.74. The van der Waals surface area contributed by atoms with Crippen LogP contribution in [-0.2, 0) is 8.87 Å². The molecular weight excluding hydrogens is 204 g/mol. The van der Waals surface area contributed by atoms with Crippen molar-refractivity contribution in [3.63, 3.8) is 0 Å². The summed E-state index contributed by atoms with van der Waals surface area (Å²) in [5.74, 6) is 0.223. The largest absolute Gasteiger partial charge is 0.217 e. The molecule has 68 valence electrons. The van der Waals surface area contributed by atoms with Gasteiger partial charge in [-0.1, -0.05) is 13.8 Å². The van der Waals surface area contributed by atoms with Crippen molar-refractivity contribution < 1.29 is 8.42 Å². The van der Waals surface area contributed by atoms with Crippen molar-refractivity contribution in [3.8, 4) is 0 Å². The molecule has 0 rings (SSSR count). The molecule has 0 aliphatic carbocycles. The first-order chi connectivity index (χ1) is 5.02. The molecule has 5 heteroatoms. The van der Waals surface area contributed by atoms with Crippen LogP contribution in [0.4, 0.5) is 0 Å². The molecule has 0 N–H and O–H groups in total. The second-order valence-corrected chi connectivity index (χ2v) is 7.35. The lowest BCUT2D eigenvalue weighted by Crippen LogP contribution is -2.03. The zero-order valence-electron chi connectivity index (χ0n) is 6.71. The quantitative estimate of drug-likeness (QED) is 0.523. The summed E-state index contributed by atoms with van der Waals surface area (Å²) in [4.78, 5) is 0. The van der Waals surface area contributed by atoms with Gasteiger partial charge in [0.2, 0.25) is 8.87 Å². The zero-order chi connectivity index (χ0) is 8.91. The fraction of sp³-hybridized carbons (Fsp3) is 1.00. The van der Waals surface area contributed by atoms with E-state index in [-0.39, 0.29) is 10.5 Å². The van der Waals surface area contributed by atoms with E-state index >= 15 is 0 Å². The number of alkyl halides is 1. The highest BCUT2D eigenvalue weighted by atomic mass is 35.5. The molecule has 11 heavy (non-hydrogen) atoms. The number of hydrogen-bond donors (Lipinski definition) is 0. The fourth-order valence-corrected chi connectivity index (χ4v) is 4.72. The average molecular weight is 217 g/mol. The third-order valence-electron chi connectivity index (χ3n) is 1.03. The molecule has 0 spiro atoms. The van der Waals surface area contributed by atoms with Crippen molar-refractivity contribution >= 4 is 31.3 Å². The summed E-state index contributed by atoms with van der Waals surface area (Å²) in [6, 6.07) is 0. The van der Waals surface area contributed by atoms with Crippen LogP contribution >= 0.6 is 22.4 Å². The Morgan fingerprint density at radius 3 is 2.36 bits per heavy atom. The van der Waals surface area contributed by atoms with Gasteiger partial charge in [0, 0.05) is 0 Å². The summed E-state index contributed by atoms with van der Waals surface area (Å²) in [5, 5.41) is 0. The van der Waals surface area contributed by atoms with E-state index in [1.165, 1.54) is 0 Å². The van der Waals surface area contributed by atoms with Gasteiger partial charge in [-0.2, -0.15) is 0 Å². The minimum absolute atomic E-state index is 0.223. The van der Waals surface area contributed by atoms with Crippen molar-refractivity contribution in [1.29, 1.82) is 0 Å². The van der Waals surface area contributed by atoms with E-state index in [0.29, 0.717) is 12.8 Å². The van der Waals surface area contributed by atoms with Gasteiger partial charge >= 0.3 is 0 Å². The van der Waals surface area contributed by atoms with Crippen molar-refractivity contribution in [1.82, 2.24) is 0 Å². The lowest BCUT2D eigenvalue weighted by Gasteiger charge is -2.04. The monoisotopic (exact) mass is 216 g/mol. The number of halogens is 1. The highest BCUT2D eigenvalue weighted by Gasteiger charge is 2.15.